The van der Waals surface area contributed by atoms with Crippen molar-refractivity contribution in [1.82, 2.24) is 0 Å². The van der Waals surface area contributed by atoms with Gasteiger partial charge in [-0.25, -0.2) is 0 Å². The number of hydrogen-bond donors (Lipinski definition) is 2. The summed E-state index contributed by atoms with van der Waals surface area (Å²) >= 11 is 0. The minimum Gasteiger partial charge on any atom is -0.379 e. The van der Waals surface area contributed by atoms with Gasteiger partial charge in [0, 0.05) is 6.04 Å². The second kappa shape index (κ2) is 6.64. The maximum Gasteiger partial charge on any atom is 0.130 e. The van der Waals surface area contributed by atoms with Crippen LogP contribution in [0.4, 0.5) is 0 Å². The number of aliphatic hydroxyl groups is 1. The van der Waals surface area contributed by atoms with Crippen LogP contribution in [0.2, 0.25) is 0 Å². The van der Waals surface area contributed by atoms with Crippen molar-refractivity contribution in [3.63, 3.8) is 0 Å². The maximum atomic E-state index is 11.6. The molecule has 2 aromatic rings. The van der Waals surface area contributed by atoms with Gasteiger partial charge >= 0.3 is 0 Å². The third-order valence-electron chi connectivity index (χ3n) is 4.18. The highest BCUT2D eigenvalue weighted by Gasteiger charge is 2.38. The SMILES string of the molecule is Cc1cccc(C(O)(c2cccc(C)c2)[C@H](N)CC(C)C)c1. The molecule has 2 aromatic carbocycles. The van der Waals surface area contributed by atoms with Gasteiger partial charge < -0.3 is 10.8 Å². The third kappa shape index (κ3) is 3.40. The van der Waals surface area contributed by atoms with Gasteiger partial charge in [0.1, 0.15) is 5.60 Å². The van der Waals surface area contributed by atoms with E-state index in [2.05, 4.69) is 13.8 Å². The lowest BCUT2D eigenvalue weighted by atomic mass is 9.77. The first-order valence-corrected chi connectivity index (χ1v) is 7.96. The predicted octanol–water partition coefficient (Wildman–Crippen LogP) is 3.91. The summed E-state index contributed by atoms with van der Waals surface area (Å²) < 4.78 is 0. The Balaban J connectivity index is 2.58. The molecule has 0 fully saturated rings. The first kappa shape index (κ1) is 16.7. The van der Waals surface area contributed by atoms with Crippen LogP contribution in [0.1, 0.15) is 42.5 Å². The van der Waals surface area contributed by atoms with Crippen molar-refractivity contribution in [3.05, 3.63) is 70.8 Å². The van der Waals surface area contributed by atoms with Crippen molar-refractivity contribution in [2.24, 2.45) is 11.7 Å². The lowest BCUT2D eigenvalue weighted by Gasteiger charge is -2.36. The zero-order valence-electron chi connectivity index (χ0n) is 14.0. The summed E-state index contributed by atoms with van der Waals surface area (Å²) in [6.07, 6.45) is 0.762. The van der Waals surface area contributed by atoms with Gasteiger partial charge in [-0.3, -0.25) is 0 Å². The molecule has 0 spiro atoms. The Labute approximate surface area is 134 Å². The Bertz CT molecular complexity index is 588. The number of nitrogens with two attached hydrogens (primary N) is 1. The summed E-state index contributed by atoms with van der Waals surface area (Å²) in [6.45, 7) is 8.34. The molecule has 118 valence electrons. The number of aryl methyl sites for hydroxylation is 2. The van der Waals surface area contributed by atoms with Gasteiger partial charge in [-0.1, -0.05) is 73.5 Å². The van der Waals surface area contributed by atoms with Crippen LogP contribution >= 0.6 is 0 Å². The molecule has 22 heavy (non-hydrogen) atoms. The maximum absolute atomic E-state index is 11.6. The number of benzene rings is 2. The summed E-state index contributed by atoms with van der Waals surface area (Å²) in [7, 11) is 0. The second-order valence-electron chi connectivity index (χ2n) is 6.74. The summed E-state index contributed by atoms with van der Waals surface area (Å²) in [5.74, 6) is 0.427. The van der Waals surface area contributed by atoms with Crippen molar-refractivity contribution >= 4 is 0 Å². The van der Waals surface area contributed by atoms with Gasteiger partial charge in [0.25, 0.3) is 0 Å². The molecule has 0 aliphatic rings. The van der Waals surface area contributed by atoms with Crippen LogP contribution in [0.5, 0.6) is 0 Å². The van der Waals surface area contributed by atoms with Crippen LogP contribution in [0.15, 0.2) is 48.5 Å². The van der Waals surface area contributed by atoms with Crippen LogP contribution < -0.4 is 5.73 Å². The average Bonchev–Trinajstić information content (AvgIpc) is 2.45. The van der Waals surface area contributed by atoms with Gasteiger partial charge in [-0.2, -0.15) is 0 Å². The van der Waals surface area contributed by atoms with Crippen LogP contribution in [-0.2, 0) is 5.60 Å². The Morgan fingerprint density at radius 2 is 1.41 bits per heavy atom. The van der Waals surface area contributed by atoms with Crippen molar-refractivity contribution in [3.8, 4) is 0 Å². The second-order valence-corrected chi connectivity index (χ2v) is 6.74. The van der Waals surface area contributed by atoms with Crippen LogP contribution in [-0.4, -0.2) is 11.1 Å². The van der Waals surface area contributed by atoms with Crippen molar-refractivity contribution in [1.29, 1.82) is 0 Å². The molecule has 0 aliphatic heterocycles. The van der Waals surface area contributed by atoms with Gasteiger partial charge in [0.15, 0.2) is 0 Å². The highest BCUT2D eigenvalue weighted by Crippen LogP contribution is 2.35. The molecule has 0 saturated carbocycles. The standard InChI is InChI=1S/C20H27NO/c1-14(2)11-19(21)20(22,17-9-5-7-15(3)12-17)18-10-6-8-16(4)13-18/h5-10,12-14,19,22H,11,21H2,1-4H3/t19-/m1/s1. The van der Waals surface area contributed by atoms with Gasteiger partial charge in [0.2, 0.25) is 0 Å². The minimum absolute atomic E-state index is 0.351. The minimum atomic E-state index is -1.16. The highest BCUT2D eigenvalue weighted by atomic mass is 16.3. The molecule has 0 heterocycles. The van der Waals surface area contributed by atoms with Crippen molar-refractivity contribution in [2.45, 2.75) is 45.8 Å². The highest BCUT2D eigenvalue weighted by molar-refractivity contribution is 5.41. The quantitative estimate of drug-likeness (QED) is 0.879. The third-order valence-corrected chi connectivity index (χ3v) is 4.18. The van der Waals surface area contributed by atoms with E-state index in [0.717, 1.165) is 28.7 Å². The molecule has 2 heteroatoms. The Morgan fingerprint density at radius 1 is 0.955 bits per heavy atom. The van der Waals surface area contributed by atoms with E-state index in [-0.39, 0.29) is 6.04 Å². The first-order valence-electron chi connectivity index (χ1n) is 7.96. The lowest BCUT2D eigenvalue weighted by Crippen LogP contribution is -2.47. The molecule has 3 N–H and O–H groups in total. The summed E-state index contributed by atoms with van der Waals surface area (Å²) in [5.41, 5.74) is 9.29. The molecule has 0 amide bonds. The predicted molar refractivity (Wildman–Crippen MR) is 92.8 cm³/mol. The molecule has 0 radical (unpaired) electrons. The van der Waals surface area contributed by atoms with E-state index in [0.29, 0.717) is 5.92 Å². The van der Waals surface area contributed by atoms with Gasteiger partial charge in [0.05, 0.1) is 0 Å². The summed E-state index contributed by atoms with van der Waals surface area (Å²) in [4.78, 5) is 0. The van der Waals surface area contributed by atoms with Crippen LogP contribution in [0.25, 0.3) is 0 Å². The zero-order valence-corrected chi connectivity index (χ0v) is 14.0. The topological polar surface area (TPSA) is 46.2 Å². The molecular formula is C20H27NO. The Hall–Kier alpha value is -1.64. The van der Waals surface area contributed by atoms with E-state index in [1.54, 1.807) is 0 Å². The van der Waals surface area contributed by atoms with E-state index < -0.39 is 5.60 Å². The summed E-state index contributed by atoms with van der Waals surface area (Å²) in [5, 5.41) is 11.6. The monoisotopic (exact) mass is 297 g/mol. The molecule has 2 rings (SSSR count). The molecule has 0 aromatic heterocycles. The van der Waals surface area contributed by atoms with Gasteiger partial charge in [-0.15, -0.1) is 0 Å². The molecule has 0 aliphatic carbocycles. The molecule has 2 nitrogen and oxygen atoms in total. The Kier molecular flexibility index (Phi) is 5.05. The van der Waals surface area contributed by atoms with Crippen LogP contribution in [0.3, 0.4) is 0 Å². The molecule has 0 bridgehead atoms. The fraction of sp³-hybridized carbons (Fsp3) is 0.400. The van der Waals surface area contributed by atoms with Gasteiger partial charge in [-0.05, 0) is 37.3 Å². The lowest BCUT2D eigenvalue weighted by molar-refractivity contribution is 0.0441. The fourth-order valence-corrected chi connectivity index (χ4v) is 3.04. The molecule has 0 saturated heterocycles. The van der Waals surface area contributed by atoms with E-state index in [1.807, 2.05) is 62.4 Å². The molecule has 1 atom stereocenters. The van der Waals surface area contributed by atoms with E-state index in [9.17, 15) is 5.11 Å². The first-order chi connectivity index (χ1) is 10.3. The molecule has 0 unspecified atom stereocenters. The summed E-state index contributed by atoms with van der Waals surface area (Å²) in [6, 6.07) is 15.7. The molecular weight excluding hydrogens is 270 g/mol. The van der Waals surface area contributed by atoms with Crippen molar-refractivity contribution < 1.29 is 5.11 Å². The fourth-order valence-electron chi connectivity index (χ4n) is 3.04. The number of rotatable bonds is 5. The normalized spacial score (nSPS) is 13.4. The van der Waals surface area contributed by atoms with Crippen LogP contribution in [0, 0.1) is 19.8 Å². The number of hydrogen-bond acceptors (Lipinski definition) is 2. The van der Waals surface area contributed by atoms with E-state index >= 15 is 0 Å². The Morgan fingerprint density at radius 3 is 1.77 bits per heavy atom. The largest absolute Gasteiger partial charge is 0.379 e. The van der Waals surface area contributed by atoms with E-state index in [4.69, 9.17) is 5.73 Å². The van der Waals surface area contributed by atoms with E-state index in [1.165, 1.54) is 0 Å². The smallest absolute Gasteiger partial charge is 0.130 e. The van der Waals surface area contributed by atoms with Crippen molar-refractivity contribution in [2.75, 3.05) is 0 Å². The zero-order chi connectivity index (χ0) is 16.3. The average molecular weight is 297 g/mol.